The molecule has 0 spiro atoms. The summed E-state index contributed by atoms with van der Waals surface area (Å²) in [5, 5.41) is 3.24. The first-order valence-corrected chi connectivity index (χ1v) is 14.2. The maximum Gasteiger partial charge on any atom is 0.264 e. The molecule has 0 fully saturated rings. The topological polar surface area (TPSA) is 86.8 Å². The summed E-state index contributed by atoms with van der Waals surface area (Å²) in [6, 6.07) is 17.0. The van der Waals surface area contributed by atoms with Gasteiger partial charge in [-0.2, -0.15) is 0 Å². The third-order valence-electron chi connectivity index (χ3n) is 5.93. The van der Waals surface area contributed by atoms with Crippen molar-refractivity contribution in [2.45, 2.75) is 57.6 Å². The van der Waals surface area contributed by atoms with E-state index in [0.717, 1.165) is 9.87 Å². The van der Waals surface area contributed by atoms with Crippen molar-refractivity contribution in [2.24, 2.45) is 0 Å². The van der Waals surface area contributed by atoms with Crippen LogP contribution in [-0.4, -0.2) is 43.3 Å². The van der Waals surface area contributed by atoms with Gasteiger partial charge >= 0.3 is 0 Å². The molecule has 7 nitrogen and oxygen atoms in total. The summed E-state index contributed by atoms with van der Waals surface area (Å²) in [4.78, 5) is 28.2. The minimum atomic E-state index is -4.19. The number of amides is 2. The smallest absolute Gasteiger partial charge is 0.264 e. The molecule has 3 aromatic rings. The lowest BCUT2D eigenvalue weighted by molar-refractivity contribution is -0.140. The molecule has 208 valence electrons. The second-order valence-electron chi connectivity index (χ2n) is 10.4. The van der Waals surface area contributed by atoms with Crippen molar-refractivity contribution in [2.75, 3.05) is 10.8 Å². The zero-order valence-corrected chi connectivity index (χ0v) is 24.2. The van der Waals surface area contributed by atoms with Gasteiger partial charge in [-0.05, 0) is 88.7 Å². The molecule has 0 saturated carbocycles. The van der Waals surface area contributed by atoms with Gasteiger partial charge in [0.1, 0.15) is 18.4 Å². The molecule has 0 aliphatic rings. The number of hydrogen-bond donors (Lipinski definition) is 1. The zero-order chi connectivity index (χ0) is 29.0. The predicted molar refractivity (Wildman–Crippen MR) is 151 cm³/mol. The van der Waals surface area contributed by atoms with Crippen molar-refractivity contribution in [3.05, 3.63) is 94.8 Å². The lowest BCUT2D eigenvalue weighted by Crippen LogP contribution is -2.54. The van der Waals surface area contributed by atoms with E-state index < -0.39 is 45.8 Å². The fourth-order valence-electron chi connectivity index (χ4n) is 3.82. The molecule has 0 aromatic heterocycles. The maximum absolute atomic E-state index is 13.9. The quantitative estimate of drug-likeness (QED) is 0.376. The Labute approximate surface area is 234 Å². The summed E-state index contributed by atoms with van der Waals surface area (Å²) in [5.74, 6) is -1.44. The molecule has 1 atom stereocenters. The van der Waals surface area contributed by atoms with Crippen molar-refractivity contribution < 1.29 is 22.4 Å². The van der Waals surface area contributed by atoms with Crippen LogP contribution in [-0.2, 0) is 26.2 Å². The number of rotatable bonds is 9. The number of aryl methyl sites for hydroxylation is 1. The van der Waals surface area contributed by atoms with Gasteiger partial charge in [0.25, 0.3) is 10.0 Å². The number of anilines is 1. The molecule has 3 rings (SSSR count). The molecule has 0 radical (unpaired) electrons. The molecule has 0 aliphatic carbocycles. The van der Waals surface area contributed by atoms with Gasteiger partial charge in [-0.1, -0.05) is 41.4 Å². The Hall–Kier alpha value is -3.43. The van der Waals surface area contributed by atoms with E-state index in [4.69, 9.17) is 11.6 Å². The highest BCUT2D eigenvalue weighted by Crippen LogP contribution is 2.26. The number of hydrogen-bond acceptors (Lipinski definition) is 4. The zero-order valence-electron chi connectivity index (χ0n) is 22.6. The number of halogens is 2. The first-order valence-electron chi connectivity index (χ1n) is 12.4. The lowest BCUT2D eigenvalue weighted by Gasteiger charge is -2.33. The Kier molecular flexibility index (Phi) is 9.40. The van der Waals surface area contributed by atoms with Crippen LogP contribution >= 0.6 is 11.6 Å². The van der Waals surface area contributed by atoms with Crippen LogP contribution in [0.25, 0.3) is 0 Å². The molecule has 3 aromatic carbocycles. The van der Waals surface area contributed by atoms with Crippen LogP contribution < -0.4 is 9.62 Å². The van der Waals surface area contributed by atoms with E-state index >= 15 is 0 Å². The van der Waals surface area contributed by atoms with Crippen molar-refractivity contribution >= 4 is 39.1 Å². The predicted octanol–water partition coefficient (Wildman–Crippen LogP) is 5.31. The van der Waals surface area contributed by atoms with E-state index in [9.17, 15) is 22.4 Å². The highest BCUT2D eigenvalue weighted by Gasteiger charge is 2.33. The third-order valence-corrected chi connectivity index (χ3v) is 7.97. The van der Waals surface area contributed by atoms with Crippen LogP contribution in [0.1, 0.15) is 38.8 Å². The van der Waals surface area contributed by atoms with E-state index in [2.05, 4.69) is 5.32 Å². The number of benzene rings is 3. The number of carbonyl (C=O) groups is 2. The number of nitrogens with one attached hydrogen (secondary N) is 1. The molecule has 10 heteroatoms. The Balaban J connectivity index is 2.02. The summed E-state index contributed by atoms with van der Waals surface area (Å²) in [6.45, 7) is 8.31. The van der Waals surface area contributed by atoms with E-state index in [1.807, 2.05) is 27.7 Å². The lowest BCUT2D eigenvalue weighted by atomic mass is 10.1. The number of sulfonamides is 1. The highest BCUT2D eigenvalue weighted by atomic mass is 35.5. The van der Waals surface area contributed by atoms with Gasteiger partial charge in [0.05, 0.1) is 10.6 Å². The summed E-state index contributed by atoms with van der Waals surface area (Å²) < 4.78 is 42.1. The summed E-state index contributed by atoms with van der Waals surface area (Å²) in [6.07, 6.45) is 0. The Morgan fingerprint density at radius 3 is 2.05 bits per heavy atom. The van der Waals surface area contributed by atoms with Crippen molar-refractivity contribution in [1.82, 2.24) is 10.2 Å². The third kappa shape index (κ3) is 8.03. The van der Waals surface area contributed by atoms with Gasteiger partial charge < -0.3 is 10.2 Å². The molecular formula is C29H33ClFN3O4S. The van der Waals surface area contributed by atoms with Crippen LogP contribution in [0.2, 0.25) is 5.02 Å². The Morgan fingerprint density at radius 2 is 1.51 bits per heavy atom. The summed E-state index contributed by atoms with van der Waals surface area (Å²) in [7, 11) is -4.19. The van der Waals surface area contributed by atoms with Crippen molar-refractivity contribution in [3.63, 3.8) is 0 Å². The van der Waals surface area contributed by atoms with Gasteiger partial charge in [0.2, 0.25) is 11.8 Å². The van der Waals surface area contributed by atoms with Crippen molar-refractivity contribution in [3.8, 4) is 0 Å². The standard InChI is InChI=1S/C29H33ClFN3O4S/c1-20-6-14-25(15-7-20)34(39(37,38)26-16-10-23(30)11-17-26)19-27(35)33(18-22-8-12-24(31)13-9-22)21(2)28(36)32-29(3,4)5/h6-17,21H,18-19H2,1-5H3,(H,32,36)/t21-/m0/s1. The van der Waals surface area contributed by atoms with Gasteiger partial charge in [-0.15, -0.1) is 0 Å². The number of nitrogens with zero attached hydrogens (tertiary/aromatic N) is 2. The van der Waals surface area contributed by atoms with Crippen LogP contribution in [0.15, 0.2) is 77.7 Å². The van der Waals surface area contributed by atoms with E-state index in [1.54, 1.807) is 31.2 Å². The second kappa shape index (κ2) is 12.2. The minimum absolute atomic E-state index is 0.0272. The normalized spacial score (nSPS) is 12.5. The van der Waals surface area contributed by atoms with Crippen LogP contribution in [0.3, 0.4) is 0 Å². The highest BCUT2D eigenvalue weighted by molar-refractivity contribution is 7.92. The fourth-order valence-corrected chi connectivity index (χ4v) is 5.36. The molecule has 1 N–H and O–H groups in total. The van der Waals surface area contributed by atoms with Crippen LogP contribution in [0.5, 0.6) is 0 Å². The Morgan fingerprint density at radius 1 is 0.949 bits per heavy atom. The van der Waals surface area contributed by atoms with Crippen molar-refractivity contribution in [1.29, 1.82) is 0 Å². The molecule has 0 saturated heterocycles. The minimum Gasteiger partial charge on any atom is -0.350 e. The average molecular weight is 574 g/mol. The first-order chi connectivity index (χ1) is 18.2. The van der Waals surface area contributed by atoms with Gasteiger partial charge in [0, 0.05) is 17.1 Å². The molecular weight excluding hydrogens is 541 g/mol. The SMILES string of the molecule is Cc1ccc(N(CC(=O)N(Cc2ccc(F)cc2)[C@@H](C)C(=O)NC(C)(C)C)S(=O)(=O)c2ccc(Cl)cc2)cc1. The molecule has 0 aliphatic heterocycles. The van der Waals surface area contributed by atoms with Crippen LogP contribution in [0, 0.1) is 12.7 Å². The molecule has 0 bridgehead atoms. The summed E-state index contributed by atoms with van der Waals surface area (Å²) >= 11 is 5.97. The molecule has 0 heterocycles. The Bertz CT molecular complexity index is 1400. The largest absolute Gasteiger partial charge is 0.350 e. The average Bonchev–Trinajstić information content (AvgIpc) is 2.86. The van der Waals surface area contributed by atoms with E-state index in [-0.39, 0.29) is 17.1 Å². The van der Waals surface area contributed by atoms with E-state index in [0.29, 0.717) is 10.6 Å². The van der Waals surface area contributed by atoms with Gasteiger partial charge in [-0.3, -0.25) is 13.9 Å². The van der Waals surface area contributed by atoms with E-state index in [1.165, 1.54) is 53.4 Å². The second-order valence-corrected chi connectivity index (χ2v) is 12.7. The monoisotopic (exact) mass is 573 g/mol. The first kappa shape index (κ1) is 30.1. The number of carbonyl (C=O) groups excluding carboxylic acids is 2. The van der Waals surface area contributed by atoms with Gasteiger partial charge in [-0.25, -0.2) is 12.8 Å². The molecule has 0 unspecified atom stereocenters. The molecule has 39 heavy (non-hydrogen) atoms. The maximum atomic E-state index is 13.9. The van der Waals surface area contributed by atoms with Gasteiger partial charge in [0.15, 0.2) is 0 Å². The van der Waals surface area contributed by atoms with Crippen LogP contribution in [0.4, 0.5) is 10.1 Å². The molecule has 2 amide bonds. The fraction of sp³-hybridized carbons (Fsp3) is 0.310. The summed E-state index contributed by atoms with van der Waals surface area (Å²) in [5.41, 5.74) is 1.24.